The first-order valence-electron chi connectivity index (χ1n) is 11.9. The van der Waals surface area contributed by atoms with E-state index in [2.05, 4.69) is 30.6 Å². The summed E-state index contributed by atoms with van der Waals surface area (Å²) in [5, 5.41) is 37.9. The molecule has 0 bridgehead atoms. The Morgan fingerprint density at radius 2 is 1.95 bits per heavy atom. The molecule has 5 atom stereocenters. The number of hydrogen-bond acceptors (Lipinski definition) is 10. The number of benzene rings is 1. The van der Waals surface area contributed by atoms with Crippen molar-refractivity contribution in [1.82, 2.24) is 19.9 Å². The molecule has 13 heteroatoms. The molecule has 1 unspecified atom stereocenters. The van der Waals surface area contributed by atoms with Crippen LogP contribution in [0.15, 0.2) is 36.7 Å². The zero-order valence-electron chi connectivity index (χ0n) is 20.1. The van der Waals surface area contributed by atoms with Crippen LogP contribution in [0.2, 0.25) is 10.0 Å². The minimum absolute atomic E-state index is 0.125. The summed E-state index contributed by atoms with van der Waals surface area (Å²) in [6, 6.07) is 5.87. The number of aliphatic hydroxyl groups is 3. The number of hydrogen-bond donors (Lipinski definition) is 5. The summed E-state index contributed by atoms with van der Waals surface area (Å²) in [7, 11) is 0. The van der Waals surface area contributed by atoms with E-state index in [1.165, 1.54) is 23.5 Å². The van der Waals surface area contributed by atoms with Gasteiger partial charge in [-0.05, 0) is 37.1 Å². The molecule has 1 aromatic carbocycles. The summed E-state index contributed by atoms with van der Waals surface area (Å²) in [6.07, 6.45) is 0.0923. The van der Waals surface area contributed by atoms with Crippen molar-refractivity contribution in [2.24, 2.45) is 5.92 Å². The topological polar surface area (TPSA) is 136 Å². The quantitative estimate of drug-likeness (QED) is 0.206. The van der Waals surface area contributed by atoms with Gasteiger partial charge in [-0.2, -0.15) is 4.98 Å². The van der Waals surface area contributed by atoms with Gasteiger partial charge in [-0.1, -0.05) is 29.3 Å². The van der Waals surface area contributed by atoms with Crippen LogP contribution in [-0.2, 0) is 0 Å². The number of thiazole rings is 1. The molecule has 1 fully saturated rings. The van der Waals surface area contributed by atoms with Crippen molar-refractivity contribution >= 4 is 56.5 Å². The fourth-order valence-electron chi connectivity index (χ4n) is 4.53. The largest absolute Gasteiger partial charge is 0.396 e. The minimum atomic E-state index is -1.40. The lowest BCUT2D eigenvalue weighted by Crippen LogP contribution is -2.35. The maximum absolute atomic E-state index is 15.0. The number of aliphatic hydroxyl groups excluding tert-OH is 3. The Morgan fingerprint density at radius 1 is 1.13 bits per heavy atom. The molecule has 1 aliphatic carbocycles. The first-order valence-corrected chi connectivity index (χ1v) is 13.5. The fraction of sp³-hybridized carbons (Fsp3) is 0.360. The molecule has 9 nitrogen and oxygen atoms in total. The Bertz CT molecular complexity index is 1430. The number of alkyl halides is 1. The number of pyridine rings is 1. The fourth-order valence-corrected chi connectivity index (χ4v) is 5.87. The lowest BCUT2D eigenvalue weighted by molar-refractivity contribution is 0.00446. The molecule has 0 saturated heterocycles. The van der Waals surface area contributed by atoms with Crippen molar-refractivity contribution in [1.29, 1.82) is 0 Å². The van der Waals surface area contributed by atoms with Gasteiger partial charge in [0.2, 0.25) is 5.95 Å². The molecule has 5 rings (SSSR count). The molecule has 38 heavy (non-hydrogen) atoms. The van der Waals surface area contributed by atoms with E-state index in [0.717, 1.165) is 10.2 Å². The predicted octanol–water partition coefficient (Wildman–Crippen LogP) is 4.40. The SMILES string of the molecule is Cc1nc(NCC(F)c2ccc(Cl)c(Cl)c2)nc(N[C@@H]2C[C@H](CO)[C@@H](O)[C@H]2O)c1-c1nc2cnccc2s1. The van der Waals surface area contributed by atoms with Gasteiger partial charge in [-0.3, -0.25) is 4.98 Å². The third-order valence-electron chi connectivity index (χ3n) is 6.60. The molecule has 0 amide bonds. The van der Waals surface area contributed by atoms with E-state index in [4.69, 9.17) is 23.2 Å². The van der Waals surface area contributed by atoms with E-state index >= 15 is 0 Å². The third kappa shape index (κ3) is 5.40. The molecule has 0 spiro atoms. The highest BCUT2D eigenvalue weighted by molar-refractivity contribution is 7.21. The van der Waals surface area contributed by atoms with Gasteiger partial charge >= 0.3 is 0 Å². The molecule has 0 aliphatic heterocycles. The molecule has 3 heterocycles. The Kier molecular flexibility index (Phi) is 7.94. The standard InChI is InChI=1S/C25H25Cl2FN6O3S/c1-11-20(24-33-18-9-29-5-4-19(18)38-24)23(32-17-7-13(10-35)21(36)22(17)37)34-25(31-11)30-8-16(28)12-2-3-14(26)15(27)6-12/h2-6,9,13,16-17,21-22,35-37H,7-8,10H2,1H3,(H2,30,31,32,34)/t13-,16?,17-,21-,22+/m1/s1. The summed E-state index contributed by atoms with van der Waals surface area (Å²) in [6.45, 7) is 1.41. The van der Waals surface area contributed by atoms with Crippen molar-refractivity contribution in [3.63, 3.8) is 0 Å². The van der Waals surface area contributed by atoms with Gasteiger partial charge in [0.15, 0.2) is 0 Å². The van der Waals surface area contributed by atoms with Crippen LogP contribution in [0, 0.1) is 12.8 Å². The highest BCUT2D eigenvalue weighted by Gasteiger charge is 2.41. The van der Waals surface area contributed by atoms with E-state index in [1.807, 2.05) is 6.07 Å². The van der Waals surface area contributed by atoms with E-state index in [-0.39, 0.29) is 24.1 Å². The Balaban J connectivity index is 1.46. The number of halogens is 3. The van der Waals surface area contributed by atoms with Crippen LogP contribution in [0.3, 0.4) is 0 Å². The maximum atomic E-state index is 15.0. The van der Waals surface area contributed by atoms with Crippen LogP contribution in [0.4, 0.5) is 16.2 Å². The highest BCUT2D eigenvalue weighted by Crippen LogP contribution is 2.38. The van der Waals surface area contributed by atoms with Crippen molar-refractivity contribution in [3.05, 3.63) is 58.0 Å². The van der Waals surface area contributed by atoms with Gasteiger partial charge < -0.3 is 26.0 Å². The first-order chi connectivity index (χ1) is 18.2. The molecule has 5 N–H and O–H groups in total. The van der Waals surface area contributed by atoms with Gasteiger partial charge in [-0.25, -0.2) is 14.4 Å². The summed E-state index contributed by atoms with van der Waals surface area (Å²) >= 11 is 13.4. The normalized spacial score (nSPS) is 22.1. The molecule has 0 radical (unpaired) electrons. The van der Waals surface area contributed by atoms with E-state index in [1.54, 1.807) is 25.4 Å². The summed E-state index contributed by atoms with van der Waals surface area (Å²) < 4.78 is 15.9. The average Bonchev–Trinajstić information content (AvgIpc) is 3.44. The highest BCUT2D eigenvalue weighted by atomic mass is 35.5. The number of nitrogens with zero attached hydrogens (tertiary/aromatic N) is 4. The Hall–Kier alpha value is -2.67. The van der Waals surface area contributed by atoms with Crippen LogP contribution in [-0.4, -0.2) is 66.7 Å². The molecule has 1 saturated carbocycles. The number of rotatable bonds is 8. The van der Waals surface area contributed by atoms with Gasteiger partial charge in [0, 0.05) is 18.7 Å². The van der Waals surface area contributed by atoms with Crippen molar-refractivity contribution in [2.45, 2.75) is 37.8 Å². The van der Waals surface area contributed by atoms with E-state index in [9.17, 15) is 19.7 Å². The van der Waals surface area contributed by atoms with Crippen LogP contribution >= 0.6 is 34.5 Å². The second-order valence-electron chi connectivity index (χ2n) is 9.15. The van der Waals surface area contributed by atoms with E-state index < -0.39 is 30.3 Å². The third-order valence-corrected chi connectivity index (χ3v) is 8.39. The zero-order valence-corrected chi connectivity index (χ0v) is 22.5. The zero-order chi connectivity index (χ0) is 27.0. The van der Waals surface area contributed by atoms with Crippen molar-refractivity contribution < 1.29 is 19.7 Å². The maximum Gasteiger partial charge on any atom is 0.225 e. The Morgan fingerprint density at radius 3 is 2.66 bits per heavy atom. The summed E-state index contributed by atoms with van der Waals surface area (Å²) in [5.74, 6) is 0.0660. The number of aryl methyl sites for hydroxylation is 1. The lowest BCUT2D eigenvalue weighted by atomic mass is 10.1. The minimum Gasteiger partial charge on any atom is -0.396 e. The van der Waals surface area contributed by atoms with Gasteiger partial charge in [0.05, 0.1) is 50.9 Å². The molecule has 4 aromatic rings. The lowest BCUT2D eigenvalue weighted by Gasteiger charge is -2.21. The van der Waals surface area contributed by atoms with Gasteiger partial charge in [-0.15, -0.1) is 11.3 Å². The van der Waals surface area contributed by atoms with Crippen LogP contribution in [0.1, 0.15) is 23.8 Å². The smallest absolute Gasteiger partial charge is 0.225 e. The van der Waals surface area contributed by atoms with Crippen LogP contribution in [0.25, 0.3) is 20.8 Å². The van der Waals surface area contributed by atoms with Gasteiger partial charge in [0.25, 0.3) is 0 Å². The van der Waals surface area contributed by atoms with Crippen molar-refractivity contribution in [3.8, 4) is 10.6 Å². The number of fused-ring (bicyclic) bond motifs is 1. The monoisotopic (exact) mass is 578 g/mol. The number of aromatic nitrogens is 4. The second kappa shape index (κ2) is 11.2. The first kappa shape index (κ1) is 26.9. The van der Waals surface area contributed by atoms with Crippen LogP contribution in [0.5, 0.6) is 0 Å². The van der Waals surface area contributed by atoms with Crippen molar-refractivity contribution in [2.75, 3.05) is 23.8 Å². The molecular formula is C25H25Cl2FN6O3S. The number of anilines is 2. The number of nitrogens with one attached hydrogen (secondary N) is 2. The second-order valence-corrected chi connectivity index (χ2v) is 11.0. The van der Waals surface area contributed by atoms with E-state index in [0.29, 0.717) is 39.1 Å². The van der Waals surface area contributed by atoms with Gasteiger partial charge in [0.1, 0.15) is 28.6 Å². The summed E-state index contributed by atoms with van der Waals surface area (Å²) in [5.41, 5.74) is 2.28. The Labute approximate surface area is 231 Å². The van der Waals surface area contributed by atoms with Crippen LogP contribution < -0.4 is 10.6 Å². The summed E-state index contributed by atoms with van der Waals surface area (Å²) in [4.78, 5) is 17.9. The average molecular weight is 579 g/mol. The molecule has 3 aromatic heterocycles. The molecule has 200 valence electrons. The predicted molar refractivity (Wildman–Crippen MR) is 147 cm³/mol. The molecule has 1 aliphatic rings. The molecular weight excluding hydrogens is 554 g/mol.